The lowest BCUT2D eigenvalue weighted by molar-refractivity contribution is 0.386. The molecule has 0 amide bonds. The van der Waals surface area contributed by atoms with Gasteiger partial charge in [-0.3, -0.25) is 5.84 Å². The fourth-order valence-corrected chi connectivity index (χ4v) is 2.02. The minimum atomic E-state index is -0.511. The minimum absolute atomic E-state index is 0.320. The van der Waals surface area contributed by atoms with Crippen LogP contribution in [0.3, 0.4) is 0 Å². The van der Waals surface area contributed by atoms with Crippen LogP contribution in [0.25, 0.3) is 0 Å². The van der Waals surface area contributed by atoms with Crippen molar-refractivity contribution in [1.82, 2.24) is 10.4 Å². The largest absolute Gasteiger partial charge is 0.481 e. The summed E-state index contributed by atoms with van der Waals surface area (Å²) in [6, 6.07) is 7.95. The molecule has 0 saturated heterocycles. The monoisotopic (exact) mass is 261 g/mol. The van der Waals surface area contributed by atoms with Crippen molar-refractivity contribution in [1.29, 1.82) is 0 Å². The van der Waals surface area contributed by atoms with E-state index >= 15 is 0 Å². The Labute approximate surface area is 111 Å². The van der Waals surface area contributed by atoms with Crippen LogP contribution in [0.1, 0.15) is 22.7 Å². The van der Waals surface area contributed by atoms with E-state index < -0.39 is 6.04 Å². The highest BCUT2D eigenvalue weighted by atomic mass is 19.1. The quantitative estimate of drug-likeness (QED) is 0.653. The zero-order valence-electron chi connectivity index (χ0n) is 10.9. The van der Waals surface area contributed by atoms with Crippen LogP contribution in [0.5, 0.6) is 5.88 Å². The van der Waals surface area contributed by atoms with Crippen LogP contribution < -0.4 is 16.0 Å². The molecule has 0 aliphatic rings. The van der Waals surface area contributed by atoms with Gasteiger partial charge in [0.1, 0.15) is 5.82 Å². The molecule has 0 bridgehead atoms. The van der Waals surface area contributed by atoms with Gasteiger partial charge in [-0.2, -0.15) is 0 Å². The Morgan fingerprint density at radius 2 is 2.11 bits per heavy atom. The number of ether oxygens (including phenoxy) is 1. The van der Waals surface area contributed by atoms with Crippen LogP contribution in [0, 0.1) is 12.7 Å². The number of hydrogen-bond donors (Lipinski definition) is 2. The van der Waals surface area contributed by atoms with Gasteiger partial charge < -0.3 is 4.74 Å². The van der Waals surface area contributed by atoms with E-state index in [0.717, 1.165) is 5.56 Å². The van der Waals surface area contributed by atoms with Gasteiger partial charge in [0.2, 0.25) is 5.88 Å². The summed E-state index contributed by atoms with van der Waals surface area (Å²) in [6.07, 6.45) is 1.61. The third-order valence-corrected chi connectivity index (χ3v) is 2.93. The number of nitrogens with two attached hydrogens (primary N) is 1. The highest BCUT2D eigenvalue weighted by Crippen LogP contribution is 2.29. The minimum Gasteiger partial charge on any atom is -0.481 e. The molecular weight excluding hydrogens is 245 g/mol. The summed E-state index contributed by atoms with van der Waals surface area (Å²) in [6.45, 7) is 1.90. The first kappa shape index (κ1) is 13.5. The predicted molar refractivity (Wildman–Crippen MR) is 71.1 cm³/mol. The highest BCUT2D eigenvalue weighted by molar-refractivity contribution is 5.39. The molecule has 5 heteroatoms. The maximum Gasteiger partial charge on any atom is 0.218 e. The summed E-state index contributed by atoms with van der Waals surface area (Å²) in [5.74, 6) is 5.68. The number of aromatic nitrogens is 1. The van der Waals surface area contributed by atoms with Crippen LogP contribution in [-0.4, -0.2) is 12.1 Å². The molecule has 19 heavy (non-hydrogen) atoms. The van der Waals surface area contributed by atoms with Gasteiger partial charge in [0.25, 0.3) is 0 Å². The van der Waals surface area contributed by atoms with Crippen LogP contribution in [0.4, 0.5) is 4.39 Å². The van der Waals surface area contributed by atoms with E-state index in [2.05, 4.69) is 10.4 Å². The molecule has 0 radical (unpaired) electrons. The molecule has 0 aliphatic heterocycles. The second-order valence-corrected chi connectivity index (χ2v) is 4.23. The van der Waals surface area contributed by atoms with E-state index in [1.54, 1.807) is 30.5 Å². The number of nitrogens with zero attached hydrogens (tertiary/aromatic N) is 1. The first-order valence-electron chi connectivity index (χ1n) is 5.88. The van der Waals surface area contributed by atoms with Crippen molar-refractivity contribution in [3.8, 4) is 5.88 Å². The lowest BCUT2D eigenvalue weighted by atomic mass is 9.98. The Morgan fingerprint density at radius 3 is 2.79 bits per heavy atom. The van der Waals surface area contributed by atoms with Crippen molar-refractivity contribution in [2.45, 2.75) is 13.0 Å². The maximum atomic E-state index is 14.0. The zero-order valence-corrected chi connectivity index (χ0v) is 10.9. The van der Waals surface area contributed by atoms with Crippen molar-refractivity contribution in [2.75, 3.05) is 7.11 Å². The highest BCUT2D eigenvalue weighted by Gasteiger charge is 2.20. The van der Waals surface area contributed by atoms with Crippen molar-refractivity contribution >= 4 is 0 Å². The molecule has 2 rings (SSSR count). The Balaban J connectivity index is 2.53. The summed E-state index contributed by atoms with van der Waals surface area (Å²) < 4.78 is 19.2. The molecule has 1 heterocycles. The molecule has 1 atom stereocenters. The number of nitrogens with one attached hydrogen (secondary N) is 1. The van der Waals surface area contributed by atoms with Crippen molar-refractivity contribution in [2.24, 2.45) is 5.84 Å². The fourth-order valence-electron chi connectivity index (χ4n) is 2.02. The van der Waals surface area contributed by atoms with Crippen molar-refractivity contribution in [3.05, 3.63) is 59.0 Å². The average molecular weight is 261 g/mol. The van der Waals surface area contributed by atoms with E-state index in [1.807, 2.05) is 6.92 Å². The van der Waals surface area contributed by atoms with Gasteiger partial charge in [0.05, 0.1) is 13.2 Å². The molecule has 0 aliphatic carbocycles. The average Bonchev–Trinajstić information content (AvgIpc) is 2.44. The van der Waals surface area contributed by atoms with E-state index in [4.69, 9.17) is 10.6 Å². The molecule has 2 aromatic rings. The predicted octanol–water partition coefficient (Wildman–Crippen LogP) is 2.09. The first-order valence-corrected chi connectivity index (χ1v) is 5.88. The van der Waals surface area contributed by atoms with E-state index in [0.29, 0.717) is 17.0 Å². The van der Waals surface area contributed by atoms with Crippen molar-refractivity contribution in [3.63, 3.8) is 0 Å². The van der Waals surface area contributed by atoms with E-state index in [-0.39, 0.29) is 5.82 Å². The SMILES string of the molecule is COc1ncccc1C(NN)c1cc(C)ccc1F. The van der Waals surface area contributed by atoms with Crippen LogP contribution in [0.2, 0.25) is 0 Å². The normalized spacial score (nSPS) is 12.2. The Hall–Kier alpha value is -1.98. The first-order chi connectivity index (χ1) is 9.17. The Kier molecular flexibility index (Phi) is 4.09. The second kappa shape index (κ2) is 5.77. The molecule has 0 saturated carbocycles. The topological polar surface area (TPSA) is 60.2 Å². The third-order valence-electron chi connectivity index (χ3n) is 2.93. The number of aryl methyl sites for hydroxylation is 1. The van der Waals surface area contributed by atoms with Crippen molar-refractivity contribution < 1.29 is 9.13 Å². The van der Waals surface area contributed by atoms with E-state index in [9.17, 15) is 4.39 Å². The van der Waals surface area contributed by atoms with Gasteiger partial charge in [0.15, 0.2) is 0 Å². The van der Waals surface area contributed by atoms with Crippen LogP contribution in [-0.2, 0) is 0 Å². The maximum absolute atomic E-state index is 14.0. The molecule has 1 unspecified atom stereocenters. The number of rotatable bonds is 4. The summed E-state index contributed by atoms with van der Waals surface area (Å²) in [7, 11) is 1.52. The lowest BCUT2D eigenvalue weighted by Gasteiger charge is -2.19. The number of hydrazine groups is 1. The second-order valence-electron chi connectivity index (χ2n) is 4.23. The van der Waals surface area contributed by atoms with Gasteiger partial charge in [0, 0.05) is 17.3 Å². The van der Waals surface area contributed by atoms with Gasteiger partial charge in [-0.25, -0.2) is 14.8 Å². The number of pyridine rings is 1. The van der Waals surface area contributed by atoms with Gasteiger partial charge in [-0.1, -0.05) is 23.8 Å². The molecular formula is C14H16FN3O. The molecule has 3 N–H and O–H groups in total. The number of halogens is 1. The smallest absolute Gasteiger partial charge is 0.218 e. The molecule has 4 nitrogen and oxygen atoms in total. The van der Waals surface area contributed by atoms with Gasteiger partial charge >= 0.3 is 0 Å². The molecule has 100 valence electrons. The number of methoxy groups -OCH3 is 1. The van der Waals surface area contributed by atoms with Gasteiger partial charge in [-0.15, -0.1) is 0 Å². The summed E-state index contributed by atoms with van der Waals surface area (Å²) in [4.78, 5) is 4.10. The lowest BCUT2D eigenvalue weighted by Crippen LogP contribution is -2.30. The summed E-state index contributed by atoms with van der Waals surface area (Å²) >= 11 is 0. The molecule has 1 aromatic heterocycles. The Bertz CT molecular complexity index is 574. The molecule has 1 aromatic carbocycles. The van der Waals surface area contributed by atoms with Gasteiger partial charge in [-0.05, 0) is 19.1 Å². The zero-order chi connectivity index (χ0) is 13.8. The third kappa shape index (κ3) is 2.72. The standard InChI is InChI=1S/C14H16FN3O/c1-9-5-6-12(15)11(8-9)13(18-16)10-4-3-7-17-14(10)19-2/h3-8,13,18H,16H2,1-2H3. The summed E-state index contributed by atoms with van der Waals surface area (Å²) in [5, 5.41) is 0. The summed E-state index contributed by atoms with van der Waals surface area (Å²) in [5.41, 5.74) is 4.73. The Morgan fingerprint density at radius 1 is 1.32 bits per heavy atom. The fraction of sp³-hybridized carbons (Fsp3) is 0.214. The van der Waals surface area contributed by atoms with Crippen LogP contribution >= 0.6 is 0 Å². The van der Waals surface area contributed by atoms with E-state index in [1.165, 1.54) is 13.2 Å². The number of benzene rings is 1. The van der Waals surface area contributed by atoms with Crippen LogP contribution in [0.15, 0.2) is 36.5 Å². The number of hydrogen-bond acceptors (Lipinski definition) is 4. The molecule has 0 spiro atoms. The molecule has 0 fully saturated rings.